The number of methoxy groups -OCH3 is 2. The third-order valence-corrected chi connectivity index (χ3v) is 3.95. The van der Waals surface area contributed by atoms with Crippen molar-refractivity contribution in [2.45, 2.75) is 13.1 Å². The van der Waals surface area contributed by atoms with E-state index >= 15 is 0 Å². The Labute approximate surface area is 171 Å². The van der Waals surface area contributed by atoms with Crippen molar-refractivity contribution in [2.24, 2.45) is 0 Å². The number of pyridine rings is 1. The minimum absolute atomic E-state index is 0. The first-order valence-corrected chi connectivity index (χ1v) is 8.18. The number of benzene rings is 1. The average molecular weight is 427 g/mol. The van der Waals surface area contributed by atoms with Crippen molar-refractivity contribution >= 4 is 23.9 Å². The van der Waals surface area contributed by atoms with Gasteiger partial charge >= 0.3 is 6.18 Å². The molecule has 10 heteroatoms. The van der Waals surface area contributed by atoms with E-state index in [4.69, 9.17) is 9.47 Å². The van der Waals surface area contributed by atoms with Gasteiger partial charge in [-0.1, -0.05) is 0 Å². The molecule has 3 aromatic rings. The molecule has 154 valence electrons. The van der Waals surface area contributed by atoms with Gasteiger partial charge in [-0.25, -0.2) is 9.97 Å². The number of nitrogens with zero attached hydrogens (tertiary/aromatic N) is 3. The first kappa shape index (κ1) is 22.2. The van der Waals surface area contributed by atoms with Gasteiger partial charge in [0.2, 0.25) is 0 Å². The highest BCUT2D eigenvalue weighted by Crippen LogP contribution is 2.35. The van der Waals surface area contributed by atoms with Gasteiger partial charge in [-0.3, -0.25) is 4.98 Å². The lowest BCUT2D eigenvalue weighted by Gasteiger charge is -2.15. The van der Waals surface area contributed by atoms with Crippen LogP contribution in [0.4, 0.5) is 24.7 Å². The van der Waals surface area contributed by atoms with Crippen LogP contribution in [-0.4, -0.2) is 29.2 Å². The Balaban J connectivity index is 0.00000300. The Morgan fingerprint density at radius 2 is 1.55 bits per heavy atom. The van der Waals surface area contributed by atoms with Gasteiger partial charge in [0, 0.05) is 35.8 Å². The number of halogens is 4. The zero-order valence-corrected chi connectivity index (χ0v) is 16.6. The van der Waals surface area contributed by atoms with Gasteiger partial charge in [0.15, 0.2) is 23.0 Å². The van der Waals surface area contributed by atoms with Crippen LogP contribution in [0.5, 0.6) is 11.5 Å². The number of aryl methyl sites for hydroxylation is 1. The number of ether oxygens (including phenoxy) is 2. The molecule has 0 bridgehead atoms. The second-order valence-corrected chi connectivity index (χ2v) is 5.84. The van der Waals surface area contributed by atoms with Crippen LogP contribution in [0.25, 0.3) is 11.4 Å². The van der Waals surface area contributed by atoms with E-state index in [1.54, 1.807) is 31.2 Å². The molecule has 0 fully saturated rings. The molecule has 0 aliphatic carbocycles. The molecule has 2 heterocycles. The summed E-state index contributed by atoms with van der Waals surface area (Å²) in [6.07, 6.45) is -1.69. The van der Waals surface area contributed by atoms with E-state index < -0.39 is 11.9 Å². The summed E-state index contributed by atoms with van der Waals surface area (Å²) in [6.45, 7) is 1.79. The summed E-state index contributed by atoms with van der Waals surface area (Å²) in [5.41, 5.74) is 0.656. The van der Waals surface area contributed by atoms with Gasteiger partial charge < -0.3 is 14.8 Å². The number of hydrogen-bond donors (Lipinski definition) is 1. The maximum Gasteiger partial charge on any atom is 0.433 e. The molecule has 3 rings (SSSR count). The molecule has 0 radical (unpaired) electrons. The van der Waals surface area contributed by atoms with E-state index in [1.165, 1.54) is 26.6 Å². The Kier molecular flexibility index (Phi) is 6.86. The summed E-state index contributed by atoms with van der Waals surface area (Å²) in [5, 5.41) is 2.92. The van der Waals surface area contributed by atoms with Crippen molar-refractivity contribution < 1.29 is 22.6 Å². The molecule has 0 amide bonds. The topological polar surface area (TPSA) is 69.2 Å². The normalized spacial score (nSPS) is 10.8. The maximum absolute atomic E-state index is 13.3. The van der Waals surface area contributed by atoms with E-state index in [2.05, 4.69) is 20.3 Å². The average Bonchev–Trinajstić information content (AvgIpc) is 2.69. The lowest BCUT2D eigenvalue weighted by molar-refractivity contribution is -0.141. The molecular weight excluding hydrogens is 409 g/mol. The zero-order chi connectivity index (χ0) is 20.3. The van der Waals surface area contributed by atoms with Gasteiger partial charge in [-0.15, -0.1) is 12.4 Å². The second-order valence-electron chi connectivity index (χ2n) is 5.84. The van der Waals surface area contributed by atoms with E-state index in [-0.39, 0.29) is 24.0 Å². The highest BCUT2D eigenvalue weighted by atomic mass is 35.5. The number of hydrogen-bond acceptors (Lipinski definition) is 6. The number of rotatable bonds is 5. The zero-order valence-electron chi connectivity index (χ0n) is 15.7. The lowest BCUT2D eigenvalue weighted by atomic mass is 10.1. The van der Waals surface area contributed by atoms with Crippen molar-refractivity contribution in [3.05, 3.63) is 54.0 Å². The molecule has 0 spiro atoms. The van der Waals surface area contributed by atoms with Crippen LogP contribution in [0.1, 0.15) is 11.3 Å². The minimum atomic E-state index is -4.62. The number of alkyl halides is 3. The largest absolute Gasteiger partial charge is 0.493 e. The van der Waals surface area contributed by atoms with Crippen LogP contribution >= 0.6 is 12.4 Å². The summed E-state index contributed by atoms with van der Waals surface area (Å²) in [4.78, 5) is 11.7. The third-order valence-electron chi connectivity index (χ3n) is 3.95. The fourth-order valence-corrected chi connectivity index (χ4v) is 2.54. The minimum Gasteiger partial charge on any atom is -0.493 e. The van der Waals surface area contributed by atoms with E-state index in [0.29, 0.717) is 22.7 Å². The van der Waals surface area contributed by atoms with Gasteiger partial charge in [0.05, 0.1) is 14.2 Å². The fraction of sp³-hybridized carbons (Fsp3) is 0.211. The summed E-state index contributed by atoms with van der Waals surface area (Å²) >= 11 is 0. The van der Waals surface area contributed by atoms with Crippen LogP contribution in [0.3, 0.4) is 0 Å². The summed E-state index contributed by atoms with van der Waals surface area (Å²) in [7, 11) is 2.98. The second kappa shape index (κ2) is 8.95. The first-order valence-electron chi connectivity index (χ1n) is 8.18. The molecule has 1 N–H and O–H groups in total. The highest BCUT2D eigenvalue weighted by Gasteiger charge is 2.34. The smallest absolute Gasteiger partial charge is 0.433 e. The maximum atomic E-state index is 13.3. The van der Waals surface area contributed by atoms with Gasteiger partial charge in [0.25, 0.3) is 0 Å². The molecule has 29 heavy (non-hydrogen) atoms. The monoisotopic (exact) mass is 426 g/mol. The predicted octanol–water partition coefficient (Wildman–Crippen LogP) is 5.05. The Morgan fingerprint density at radius 1 is 0.931 bits per heavy atom. The van der Waals surface area contributed by atoms with Gasteiger partial charge in [0.1, 0.15) is 5.82 Å². The summed E-state index contributed by atoms with van der Waals surface area (Å²) in [5.74, 6) is 0.902. The lowest BCUT2D eigenvalue weighted by Crippen LogP contribution is -2.11. The number of anilines is 2. The number of nitrogens with one attached hydrogen (secondary N) is 1. The highest BCUT2D eigenvalue weighted by molar-refractivity contribution is 5.85. The third kappa shape index (κ3) is 5.05. The van der Waals surface area contributed by atoms with Crippen molar-refractivity contribution in [3.63, 3.8) is 0 Å². The standard InChI is InChI=1S/C19H17F3N4O2.ClH/c1-11-8-14(27-2)15(28-3)9-13(11)24-17-10-16(19(20,21)22)25-18(26-17)12-4-6-23-7-5-12;/h4-10H,1-3H3,(H,24,25,26);1H. The molecule has 0 aliphatic heterocycles. The van der Waals surface area contributed by atoms with Crippen LogP contribution in [0.2, 0.25) is 0 Å². The fourth-order valence-electron chi connectivity index (χ4n) is 2.54. The van der Waals surface area contributed by atoms with Crippen LogP contribution in [-0.2, 0) is 6.18 Å². The first-order chi connectivity index (χ1) is 13.3. The molecule has 0 aliphatic rings. The molecule has 6 nitrogen and oxygen atoms in total. The molecule has 0 unspecified atom stereocenters. The molecule has 2 aromatic heterocycles. The van der Waals surface area contributed by atoms with Crippen molar-refractivity contribution in [3.8, 4) is 22.9 Å². The Morgan fingerprint density at radius 3 is 2.14 bits per heavy atom. The molecule has 1 aromatic carbocycles. The Bertz CT molecular complexity index is 985. The molecule has 0 saturated carbocycles. The molecule has 0 saturated heterocycles. The quantitative estimate of drug-likeness (QED) is 0.615. The Hall–Kier alpha value is -3.07. The van der Waals surface area contributed by atoms with Gasteiger partial charge in [-0.2, -0.15) is 13.2 Å². The van der Waals surface area contributed by atoms with E-state index in [9.17, 15) is 13.2 Å². The van der Waals surface area contributed by atoms with E-state index in [0.717, 1.165) is 11.6 Å². The van der Waals surface area contributed by atoms with E-state index in [1.807, 2.05) is 0 Å². The van der Waals surface area contributed by atoms with Crippen LogP contribution < -0.4 is 14.8 Å². The van der Waals surface area contributed by atoms with Crippen molar-refractivity contribution in [1.29, 1.82) is 0 Å². The predicted molar refractivity (Wildman–Crippen MR) is 105 cm³/mol. The molecular formula is C19H18ClF3N4O2. The molecule has 0 atom stereocenters. The number of aromatic nitrogens is 3. The summed E-state index contributed by atoms with van der Waals surface area (Å²) < 4.78 is 50.5. The summed E-state index contributed by atoms with van der Waals surface area (Å²) in [6, 6.07) is 7.30. The van der Waals surface area contributed by atoms with Crippen LogP contribution in [0.15, 0.2) is 42.7 Å². The van der Waals surface area contributed by atoms with Crippen LogP contribution in [0, 0.1) is 6.92 Å². The SMILES string of the molecule is COc1cc(C)c(Nc2cc(C(F)(F)F)nc(-c3ccncc3)n2)cc1OC.Cl. The van der Waals surface area contributed by atoms with Crippen molar-refractivity contribution in [1.82, 2.24) is 15.0 Å². The van der Waals surface area contributed by atoms with Gasteiger partial charge in [-0.05, 0) is 30.7 Å². The van der Waals surface area contributed by atoms with Crippen molar-refractivity contribution in [2.75, 3.05) is 19.5 Å².